The van der Waals surface area contributed by atoms with Crippen molar-refractivity contribution in [3.8, 4) is 16.9 Å². The lowest BCUT2D eigenvalue weighted by Gasteiger charge is -2.13. The molecule has 4 rings (SSSR count). The molecule has 0 spiro atoms. The third kappa shape index (κ3) is 3.75. The molecule has 0 fully saturated rings. The van der Waals surface area contributed by atoms with E-state index in [1.54, 1.807) is 49.5 Å². The van der Waals surface area contributed by atoms with Gasteiger partial charge >= 0.3 is 5.76 Å². The molecule has 0 saturated heterocycles. The summed E-state index contributed by atoms with van der Waals surface area (Å²) < 4.78 is 6.79. The van der Waals surface area contributed by atoms with E-state index >= 15 is 0 Å². The molecular formula is C23H21N3O4. The third-order valence-electron chi connectivity index (χ3n) is 4.78. The van der Waals surface area contributed by atoms with Crippen molar-refractivity contribution in [2.45, 2.75) is 19.9 Å². The Balaban J connectivity index is 1.91. The first-order chi connectivity index (χ1) is 14.5. The van der Waals surface area contributed by atoms with Crippen LogP contribution in [-0.2, 0) is 0 Å². The molecule has 0 aliphatic rings. The number of rotatable bonds is 5. The Morgan fingerprint density at radius 1 is 1.20 bits per heavy atom. The molecule has 7 heteroatoms. The molecule has 0 saturated carbocycles. The van der Waals surface area contributed by atoms with Gasteiger partial charge in [-0.05, 0) is 55.8 Å². The zero-order valence-electron chi connectivity index (χ0n) is 16.6. The minimum absolute atomic E-state index is 0.177. The highest BCUT2D eigenvalue weighted by Gasteiger charge is 2.17. The van der Waals surface area contributed by atoms with Gasteiger partial charge in [-0.15, -0.1) is 0 Å². The van der Waals surface area contributed by atoms with Crippen LogP contribution in [0.15, 0.2) is 70.0 Å². The smallest absolute Gasteiger partial charge is 0.407 e. The molecule has 1 atom stereocenters. The van der Waals surface area contributed by atoms with E-state index in [4.69, 9.17) is 4.42 Å². The molecule has 30 heavy (non-hydrogen) atoms. The van der Waals surface area contributed by atoms with Crippen molar-refractivity contribution >= 4 is 17.0 Å². The van der Waals surface area contributed by atoms with Crippen molar-refractivity contribution in [1.82, 2.24) is 14.9 Å². The fourth-order valence-electron chi connectivity index (χ4n) is 3.22. The van der Waals surface area contributed by atoms with Crippen molar-refractivity contribution < 1.29 is 14.3 Å². The van der Waals surface area contributed by atoms with Crippen molar-refractivity contribution in [1.29, 1.82) is 0 Å². The minimum Gasteiger partial charge on any atom is -0.407 e. The van der Waals surface area contributed by atoms with Gasteiger partial charge in [0.15, 0.2) is 5.58 Å². The van der Waals surface area contributed by atoms with Crippen LogP contribution in [0.3, 0.4) is 0 Å². The number of aliphatic hydroxyl groups excluding tert-OH is 1. The summed E-state index contributed by atoms with van der Waals surface area (Å²) in [5.74, 6) is -0.895. The average molecular weight is 403 g/mol. The molecule has 0 aliphatic carbocycles. The van der Waals surface area contributed by atoms with Gasteiger partial charge in [0.05, 0.1) is 23.5 Å². The van der Waals surface area contributed by atoms with Gasteiger partial charge in [-0.25, -0.2) is 9.36 Å². The number of aliphatic hydroxyl groups is 1. The second kappa shape index (κ2) is 7.96. The molecular weight excluding hydrogens is 382 g/mol. The number of benzene rings is 2. The molecule has 0 bridgehead atoms. The van der Waals surface area contributed by atoms with Gasteiger partial charge in [-0.1, -0.05) is 18.2 Å². The van der Waals surface area contributed by atoms with Crippen molar-refractivity contribution in [2.24, 2.45) is 0 Å². The van der Waals surface area contributed by atoms with Crippen LogP contribution in [0.5, 0.6) is 0 Å². The van der Waals surface area contributed by atoms with Crippen LogP contribution in [0.25, 0.3) is 28.0 Å². The summed E-state index contributed by atoms with van der Waals surface area (Å²) >= 11 is 0. The lowest BCUT2D eigenvalue weighted by Crippen LogP contribution is -2.35. The highest BCUT2D eigenvalue weighted by atomic mass is 16.4. The summed E-state index contributed by atoms with van der Waals surface area (Å²) in [4.78, 5) is 29.8. The Morgan fingerprint density at radius 2 is 2.00 bits per heavy atom. The molecule has 2 aromatic carbocycles. The van der Waals surface area contributed by atoms with Crippen LogP contribution in [0.1, 0.15) is 22.8 Å². The number of nitrogens with zero attached hydrogens (tertiary/aromatic N) is 2. The molecule has 1 unspecified atom stereocenters. The van der Waals surface area contributed by atoms with Crippen molar-refractivity contribution in [3.05, 3.63) is 82.5 Å². The number of carbonyl (C=O) groups excluding carboxylic acids is 1. The predicted molar refractivity (Wildman–Crippen MR) is 114 cm³/mol. The number of carbonyl (C=O) groups is 1. The topological polar surface area (TPSA) is 97.4 Å². The monoisotopic (exact) mass is 403 g/mol. The molecule has 0 radical (unpaired) electrons. The first-order valence-electron chi connectivity index (χ1n) is 9.57. The van der Waals surface area contributed by atoms with Gasteiger partial charge in [0.1, 0.15) is 0 Å². The summed E-state index contributed by atoms with van der Waals surface area (Å²) in [7, 11) is 0. The van der Waals surface area contributed by atoms with E-state index in [2.05, 4.69) is 10.3 Å². The van der Waals surface area contributed by atoms with Crippen molar-refractivity contribution in [3.63, 3.8) is 0 Å². The summed E-state index contributed by atoms with van der Waals surface area (Å²) in [5.41, 5.74) is 4.28. The van der Waals surface area contributed by atoms with Crippen LogP contribution in [0, 0.1) is 6.92 Å². The number of pyridine rings is 1. The Kier molecular flexibility index (Phi) is 5.20. The maximum absolute atomic E-state index is 12.8. The van der Waals surface area contributed by atoms with Gasteiger partial charge in [0.25, 0.3) is 5.91 Å². The predicted octanol–water partition coefficient (Wildman–Crippen LogP) is 3.06. The van der Waals surface area contributed by atoms with E-state index < -0.39 is 11.8 Å². The Morgan fingerprint density at radius 3 is 2.73 bits per heavy atom. The first-order valence-corrected chi connectivity index (χ1v) is 9.57. The summed E-state index contributed by atoms with van der Waals surface area (Å²) in [6.45, 7) is 3.47. The fraction of sp³-hybridized carbons (Fsp3) is 0.174. The zero-order chi connectivity index (χ0) is 21.3. The zero-order valence-corrected chi connectivity index (χ0v) is 16.6. The number of para-hydroxylation sites is 2. The van der Waals surface area contributed by atoms with Gasteiger partial charge in [0.2, 0.25) is 0 Å². The lowest BCUT2D eigenvalue weighted by atomic mass is 10.0. The van der Waals surface area contributed by atoms with Crippen LogP contribution in [0.2, 0.25) is 0 Å². The number of hydrogen-bond acceptors (Lipinski definition) is 5. The second-order valence-electron chi connectivity index (χ2n) is 7.22. The van der Waals surface area contributed by atoms with E-state index in [1.165, 1.54) is 4.57 Å². The van der Waals surface area contributed by atoms with E-state index in [-0.39, 0.29) is 12.5 Å². The standard InChI is InChI=1S/C23H21N3O4/c1-14-7-8-19(24-12-14)16-9-17(22(28)25-15(2)13-27)11-18(10-16)26-20-5-3-4-6-21(20)30-23(26)29/h3-12,15,27H,13H2,1-2H3,(H,25,28). The average Bonchev–Trinajstić information content (AvgIpc) is 3.09. The van der Waals surface area contributed by atoms with Crippen LogP contribution in [-0.4, -0.2) is 33.2 Å². The van der Waals surface area contributed by atoms with Gasteiger partial charge in [-0.2, -0.15) is 0 Å². The second-order valence-corrected chi connectivity index (χ2v) is 7.22. The van der Waals surface area contributed by atoms with Gasteiger partial charge < -0.3 is 14.8 Å². The number of nitrogens with one attached hydrogen (secondary N) is 1. The molecule has 0 aliphatic heterocycles. The first kappa shape index (κ1) is 19.6. The van der Waals surface area contributed by atoms with Gasteiger partial charge in [-0.3, -0.25) is 9.78 Å². The number of oxazole rings is 1. The SMILES string of the molecule is Cc1ccc(-c2cc(C(=O)NC(C)CO)cc(-n3c(=O)oc4ccccc43)c2)nc1. The third-order valence-corrected chi connectivity index (χ3v) is 4.78. The highest BCUT2D eigenvalue weighted by molar-refractivity contribution is 5.96. The summed E-state index contributed by atoms with van der Waals surface area (Å²) in [6.07, 6.45) is 1.75. The Bertz CT molecular complexity index is 1270. The summed E-state index contributed by atoms with van der Waals surface area (Å²) in [6, 6.07) is 15.6. The maximum atomic E-state index is 12.8. The van der Waals surface area contributed by atoms with E-state index in [0.717, 1.165) is 5.56 Å². The van der Waals surface area contributed by atoms with Crippen LogP contribution >= 0.6 is 0 Å². The number of aromatic nitrogens is 2. The molecule has 152 valence electrons. The largest absolute Gasteiger partial charge is 0.424 e. The maximum Gasteiger partial charge on any atom is 0.424 e. The molecule has 2 aromatic heterocycles. The molecule has 1 amide bonds. The van der Waals surface area contributed by atoms with Gasteiger partial charge in [0, 0.05) is 23.4 Å². The van der Waals surface area contributed by atoms with Crippen LogP contribution in [0.4, 0.5) is 0 Å². The van der Waals surface area contributed by atoms with E-state index in [9.17, 15) is 14.7 Å². The number of amides is 1. The lowest BCUT2D eigenvalue weighted by molar-refractivity contribution is 0.0922. The van der Waals surface area contributed by atoms with Crippen LogP contribution < -0.4 is 11.1 Å². The molecule has 7 nitrogen and oxygen atoms in total. The molecule has 4 aromatic rings. The van der Waals surface area contributed by atoms with E-state index in [0.29, 0.717) is 33.6 Å². The normalized spacial score (nSPS) is 12.1. The number of hydrogen-bond donors (Lipinski definition) is 2. The van der Waals surface area contributed by atoms with E-state index in [1.807, 2.05) is 25.1 Å². The Labute approximate surface area is 172 Å². The molecule has 2 N–H and O–H groups in total. The number of fused-ring (bicyclic) bond motifs is 1. The quantitative estimate of drug-likeness (QED) is 0.534. The highest BCUT2D eigenvalue weighted by Crippen LogP contribution is 2.25. The van der Waals surface area contributed by atoms with Crippen molar-refractivity contribution in [2.75, 3.05) is 6.61 Å². The fourth-order valence-corrected chi connectivity index (χ4v) is 3.22. The molecule has 2 heterocycles. The minimum atomic E-state index is -0.541. The number of aryl methyl sites for hydroxylation is 1. The summed E-state index contributed by atoms with van der Waals surface area (Å²) in [5, 5.41) is 12.0. The Hall–Kier alpha value is -3.71.